The lowest BCUT2D eigenvalue weighted by molar-refractivity contribution is -0.116. The Labute approximate surface area is 139 Å². The van der Waals surface area contributed by atoms with E-state index in [1.165, 1.54) is 37.3 Å². The van der Waals surface area contributed by atoms with Gasteiger partial charge in [-0.3, -0.25) is 9.59 Å². The molecule has 0 aliphatic heterocycles. The normalized spacial score (nSPS) is 11.1. The molecule has 1 aromatic heterocycles. The van der Waals surface area contributed by atoms with E-state index in [0.717, 1.165) is 0 Å². The Bertz CT molecular complexity index is 840. The molecule has 8 nitrogen and oxygen atoms in total. The molecular formula is C15H17N3O5S. The van der Waals surface area contributed by atoms with Gasteiger partial charge in [-0.1, -0.05) is 5.16 Å². The van der Waals surface area contributed by atoms with Gasteiger partial charge in [0.15, 0.2) is 15.7 Å². The van der Waals surface area contributed by atoms with Crippen LogP contribution in [0, 0.1) is 6.92 Å². The first-order valence-electron chi connectivity index (χ1n) is 7.10. The third-order valence-electron chi connectivity index (χ3n) is 3.03. The quantitative estimate of drug-likeness (QED) is 0.818. The van der Waals surface area contributed by atoms with Crippen LogP contribution in [0.1, 0.15) is 19.1 Å². The van der Waals surface area contributed by atoms with Crippen LogP contribution in [-0.2, 0) is 19.4 Å². The van der Waals surface area contributed by atoms with Gasteiger partial charge in [0.05, 0.1) is 10.6 Å². The maximum Gasteiger partial charge on any atom is 0.226 e. The molecule has 0 unspecified atom stereocenters. The molecule has 0 spiro atoms. The van der Waals surface area contributed by atoms with Gasteiger partial charge < -0.3 is 15.2 Å². The molecule has 0 aliphatic rings. The average molecular weight is 351 g/mol. The molecule has 128 valence electrons. The second-order valence-corrected chi connectivity index (χ2v) is 7.25. The number of aromatic nitrogens is 1. The topological polar surface area (TPSA) is 118 Å². The highest BCUT2D eigenvalue weighted by molar-refractivity contribution is 7.91. The van der Waals surface area contributed by atoms with Crippen molar-refractivity contribution < 1.29 is 22.5 Å². The van der Waals surface area contributed by atoms with Gasteiger partial charge in [0.2, 0.25) is 11.8 Å². The van der Waals surface area contributed by atoms with Crippen LogP contribution in [0.2, 0.25) is 0 Å². The molecule has 2 rings (SSSR count). The van der Waals surface area contributed by atoms with Crippen molar-refractivity contribution in [3.05, 3.63) is 36.1 Å². The summed E-state index contributed by atoms with van der Waals surface area (Å²) in [4.78, 5) is 22.8. The number of nitrogens with one attached hydrogen (secondary N) is 2. The fourth-order valence-corrected chi connectivity index (χ4v) is 3.17. The standard InChI is InChI=1S/C15H17N3O5S/c1-10-9-14(18-23-10)17-15(20)7-8-24(21,22)13-5-3-12(4-6-13)16-11(2)19/h3-6,9H,7-8H2,1-2H3,(H,16,19)(H,17,18,20). The van der Waals surface area contributed by atoms with Gasteiger partial charge >= 0.3 is 0 Å². The van der Waals surface area contributed by atoms with Gasteiger partial charge in [-0.2, -0.15) is 0 Å². The van der Waals surface area contributed by atoms with Crippen molar-refractivity contribution in [3.8, 4) is 0 Å². The lowest BCUT2D eigenvalue weighted by atomic mass is 10.3. The molecule has 0 radical (unpaired) electrons. The number of hydrogen-bond donors (Lipinski definition) is 2. The van der Waals surface area contributed by atoms with Gasteiger partial charge in [-0.25, -0.2) is 8.42 Å². The summed E-state index contributed by atoms with van der Waals surface area (Å²) in [5.74, 6) is -0.270. The van der Waals surface area contributed by atoms with Crippen LogP contribution in [-0.4, -0.2) is 31.1 Å². The Kier molecular flexibility index (Phi) is 5.35. The molecule has 1 heterocycles. The third kappa shape index (κ3) is 4.92. The zero-order valence-corrected chi connectivity index (χ0v) is 14.0. The van der Waals surface area contributed by atoms with E-state index in [1.807, 2.05) is 0 Å². The minimum Gasteiger partial charge on any atom is -0.360 e. The highest BCUT2D eigenvalue weighted by atomic mass is 32.2. The molecule has 9 heteroatoms. The largest absolute Gasteiger partial charge is 0.360 e. The molecule has 2 N–H and O–H groups in total. The Morgan fingerprint density at radius 1 is 1.17 bits per heavy atom. The Hall–Kier alpha value is -2.68. The van der Waals surface area contributed by atoms with Crippen molar-refractivity contribution in [1.82, 2.24) is 5.16 Å². The molecule has 0 saturated carbocycles. The maximum atomic E-state index is 12.2. The fraction of sp³-hybridized carbons (Fsp3) is 0.267. The number of nitrogens with zero attached hydrogens (tertiary/aromatic N) is 1. The van der Waals surface area contributed by atoms with Crippen molar-refractivity contribution >= 4 is 33.2 Å². The number of carbonyl (C=O) groups excluding carboxylic acids is 2. The summed E-state index contributed by atoms with van der Waals surface area (Å²) >= 11 is 0. The van der Waals surface area contributed by atoms with Gasteiger partial charge in [0.25, 0.3) is 0 Å². The summed E-state index contributed by atoms with van der Waals surface area (Å²) in [6, 6.07) is 7.30. The van der Waals surface area contributed by atoms with E-state index in [4.69, 9.17) is 4.52 Å². The molecule has 0 bridgehead atoms. The number of rotatable bonds is 6. The predicted molar refractivity (Wildman–Crippen MR) is 87.3 cm³/mol. The molecule has 2 amide bonds. The summed E-state index contributed by atoms with van der Waals surface area (Å²) in [6.45, 7) is 3.04. The van der Waals surface area contributed by atoms with Gasteiger partial charge in [0, 0.05) is 25.1 Å². The molecule has 24 heavy (non-hydrogen) atoms. The number of benzene rings is 1. The molecule has 1 aromatic carbocycles. The fourth-order valence-electron chi connectivity index (χ4n) is 1.92. The minimum absolute atomic E-state index is 0.0849. The Morgan fingerprint density at radius 3 is 2.38 bits per heavy atom. The number of sulfone groups is 1. The maximum absolute atomic E-state index is 12.2. The lowest BCUT2D eigenvalue weighted by Crippen LogP contribution is -2.17. The zero-order chi connectivity index (χ0) is 17.7. The van der Waals surface area contributed by atoms with Crippen LogP contribution >= 0.6 is 0 Å². The summed E-state index contributed by atoms with van der Waals surface area (Å²) in [5, 5.41) is 8.61. The first-order valence-corrected chi connectivity index (χ1v) is 8.75. The first kappa shape index (κ1) is 17.7. The van der Waals surface area contributed by atoms with Crippen molar-refractivity contribution in [2.75, 3.05) is 16.4 Å². The number of carbonyl (C=O) groups is 2. The Morgan fingerprint density at radius 2 is 1.83 bits per heavy atom. The number of hydrogen-bond acceptors (Lipinski definition) is 6. The highest BCUT2D eigenvalue weighted by Crippen LogP contribution is 2.16. The van der Waals surface area contributed by atoms with Crippen molar-refractivity contribution in [1.29, 1.82) is 0 Å². The van der Waals surface area contributed by atoms with E-state index in [-0.39, 0.29) is 28.8 Å². The molecule has 0 saturated heterocycles. The van der Waals surface area contributed by atoms with Crippen LogP contribution in [0.15, 0.2) is 39.8 Å². The second kappa shape index (κ2) is 7.26. The smallest absolute Gasteiger partial charge is 0.226 e. The van der Waals surface area contributed by atoms with Gasteiger partial charge in [0.1, 0.15) is 5.76 Å². The summed E-state index contributed by atoms with van der Waals surface area (Å²) in [7, 11) is -3.61. The number of aryl methyl sites for hydroxylation is 1. The molecule has 0 atom stereocenters. The zero-order valence-electron chi connectivity index (χ0n) is 13.2. The summed E-state index contributed by atoms with van der Waals surface area (Å²) in [6.07, 6.45) is -0.207. The van der Waals surface area contributed by atoms with Crippen LogP contribution in [0.3, 0.4) is 0 Å². The van der Waals surface area contributed by atoms with E-state index < -0.39 is 15.7 Å². The van der Waals surface area contributed by atoms with Crippen molar-refractivity contribution in [2.24, 2.45) is 0 Å². The molecule has 0 aliphatic carbocycles. The third-order valence-corrected chi connectivity index (χ3v) is 4.76. The molecular weight excluding hydrogens is 334 g/mol. The van der Waals surface area contributed by atoms with Gasteiger partial charge in [-0.15, -0.1) is 0 Å². The first-order chi connectivity index (χ1) is 11.3. The molecule has 0 fully saturated rings. The summed E-state index contributed by atoms with van der Waals surface area (Å²) in [5.41, 5.74) is 0.501. The van der Waals surface area contributed by atoms with Crippen LogP contribution < -0.4 is 10.6 Å². The second-order valence-electron chi connectivity index (χ2n) is 5.15. The van der Waals surface area contributed by atoms with Crippen LogP contribution in [0.4, 0.5) is 11.5 Å². The van der Waals surface area contributed by atoms with Gasteiger partial charge in [-0.05, 0) is 31.2 Å². The van der Waals surface area contributed by atoms with E-state index in [0.29, 0.717) is 11.4 Å². The summed E-state index contributed by atoms with van der Waals surface area (Å²) < 4.78 is 29.3. The predicted octanol–water partition coefficient (Wildman–Crippen LogP) is 1.74. The molecule has 2 aromatic rings. The van der Waals surface area contributed by atoms with Crippen LogP contribution in [0.5, 0.6) is 0 Å². The lowest BCUT2D eigenvalue weighted by Gasteiger charge is -2.06. The van der Waals surface area contributed by atoms with Crippen molar-refractivity contribution in [2.45, 2.75) is 25.2 Å². The average Bonchev–Trinajstić information content (AvgIpc) is 2.90. The van der Waals surface area contributed by atoms with E-state index in [2.05, 4.69) is 15.8 Å². The minimum atomic E-state index is -3.61. The van der Waals surface area contributed by atoms with E-state index in [1.54, 1.807) is 6.92 Å². The Balaban J connectivity index is 1.95. The van der Waals surface area contributed by atoms with E-state index >= 15 is 0 Å². The van der Waals surface area contributed by atoms with Crippen molar-refractivity contribution in [3.63, 3.8) is 0 Å². The SMILES string of the molecule is CC(=O)Nc1ccc(S(=O)(=O)CCC(=O)Nc2cc(C)on2)cc1. The monoisotopic (exact) mass is 351 g/mol. The highest BCUT2D eigenvalue weighted by Gasteiger charge is 2.17. The van der Waals surface area contributed by atoms with E-state index in [9.17, 15) is 18.0 Å². The van der Waals surface area contributed by atoms with Crippen LogP contribution in [0.25, 0.3) is 0 Å². The number of anilines is 2. The number of amides is 2.